The highest BCUT2D eigenvalue weighted by atomic mass is 35.5. The Hall–Kier alpha value is -2.38. The van der Waals surface area contributed by atoms with Crippen molar-refractivity contribution in [2.24, 2.45) is 0 Å². The van der Waals surface area contributed by atoms with E-state index in [4.69, 9.17) is 23.2 Å². The Bertz CT molecular complexity index is 1170. The van der Waals surface area contributed by atoms with Crippen molar-refractivity contribution in [2.45, 2.75) is 18.2 Å². The molecule has 1 N–H and O–H groups in total. The smallest absolute Gasteiger partial charge is 0.245 e. The molecule has 0 fully saturated rings. The van der Waals surface area contributed by atoms with Crippen molar-refractivity contribution < 1.29 is 13.2 Å². The van der Waals surface area contributed by atoms with Crippen LogP contribution < -0.4 is 5.32 Å². The summed E-state index contributed by atoms with van der Waals surface area (Å²) in [5.74, 6) is -0.441. The van der Waals surface area contributed by atoms with Crippen molar-refractivity contribution in [2.75, 3.05) is 18.4 Å². The maximum absolute atomic E-state index is 13.4. The zero-order chi connectivity index (χ0) is 22.4. The molecule has 0 radical (unpaired) electrons. The number of anilines is 1. The molecule has 0 aromatic heterocycles. The van der Waals surface area contributed by atoms with Gasteiger partial charge in [-0.15, -0.1) is 0 Å². The van der Waals surface area contributed by atoms with Crippen LogP contribution in [-0.4, -0.2) is 31.7 Å². The van der Waals surface area contributed by atoms with E-state index in [-0.39, 0.29) is 28.0 Å². The summed E-state index contributed by atoms with van der Waals surface area (Å²) >= 11 is 12.2. The van der Waals surface area contributed by atoms with Gasteiger partial charge in [-0.1, -0.05) is 71.7 Å². The van der Waals surface area contributed by atoms with Gasteiger partial charge in [-0.3, -0.25) is 4.79 Å². The molecule has 162 valence electrons. The molecule has 0 aliphatic rings. The minimum absolute atomic E-state index is 0.0495. The number of hydrogen-bond acceptors (Lipinski definition) is 3. The molecular formula is C23H22Cl2N2O3S. The van der Waals surface area contributed by atoms with Crippen LogP contribution in [0.2, 0.25) is 10.0 Å². The summed E-state index contributed by atoms with van der Waals surface area (Å²) in [6.07, 6.45) is 0.440. The molecule has 5 nitrogen and oxygen atoms in total. The number of nitrogens with one attached hydrogen (secondary N) is 1. The third kappa shape index (κ3) is 6.08. The van der Waals surface area contributed by atoms with Crippen molar-refractivity contribution in [3.63, 3.8) is 0 Å². The predicted octanol–water partition coefficient (Wildman–Crippen LogP) is 5.17. The lowest BCUT2D eigenvalue weighted by molar-refractivity contribution is -0.116. The number of carbonyl (C=O) groups excluding carboxylic acids is 1. The van der Waals surface area contributed by atoms with Gasteiger partial charge in [0.1, 0.15) is 4.90 Å². The van der Waals surface area contributed by atoms with Gasteiger partial charge in [0.2, 0.25) is 15.9 Å². The zero-order valence-corrected chi connectivity index (χ0v) is 19.2. The van der Waals surface area contributed by atoms with Crippen LogP contribution in [0.4, 0.5) is 5.69 Å². The fraction of sp³-hybridized carbons (Fsp3) is 0.174. The van der Waals surface area contributed by atoms with E-state index in [2.05, 4.69) is 5.32 Å². The Morgan fingerprint density at radius 2 is 1.65 bits per heavy atom. The van der Waals surface area contributed by atoms with Crippen molar-refractivity contribution in [3.05, 3.63) is 94.0 Å². The standard InChI is InChI=1S/C23H22Cl2N2O3S/c1-17-7-5-6-10-21(17)26-23(28)16-27(14-13-18-8-3-2-4-9-18)31(29,30)22-15-19(24)11-12-20(22)25/h2-12,15H,13-14,16H2,1H3,(H,26,28). The van der Waals surface area contributed by atoms with E-state index in [9.17, 15) is 13.2 Å². The lowest BCUT2D eigenvalue weighted by atomic mass is 10.1. The van der Waals surface area contributed by atoms with Crippen molar-refractivity contribution in [3.8, 4) is 0 Å². The van der Waals surface area contributed by atoms with Gasteiger partial charge in [-0.05, 0) is 48.7 Å². The quantitative estimate of drug-likeness (QED) is 0.487. The molecule has 1 amide bonds. The molecule has 0 saturated heterocycles. The Labute approximate surface area is 192 Å². The lowest BCUT2D eigenvalue weighted by Crippen LogP contribution is -2.39. The zero-order valence-electron chi connectivity index (χ0n) is 16.9. The SMILES string of the molecule is Cc1ccccc1NC(=O)CN(CCc1ccccc1)S(=O)(=O)c1cc(Cl)ccc1Cl. The first-order valence-corrected chi connectivity index (χ1v) is 11.8. The summed E-state index contributed by atoms with van der Waals surface area (Å²) < 4.78 is 27.9. The number of sulfonamides is 1. The van der Waals surface area contributed by atoms with E-state index in [0.29, 0.717) is 12.1 Å². The largest absolute Gasteiger partial charge is 0.325 e. The third-order valence-electron chi connectivity index (χ3n) is 4.74. The van der Waals surface area contributed by atoms with Crippen molar-refractivity contribution in [1.29, 1.82) is 0 Å². The second-order valence-electron chi connectivity index (χ2n) is 7.01. The summed E-state index contributed by atoms with van der Waals surface area (Å²) in [5.41, 5.74) is 2.47. The molecule has 0 atom stereocenters. The van der Waals surface area contributed by atoms with Crippen LogP contribution in [0.5, 0.6) is 0 Å². The van der Waals surface area contributed by atoms with Gasteiger partial charge in [0.25, 0.3) is 0 Å². The Morgan fingerprint density at radius 3 is 2.35 bits per heavy atom. The number of benzene rings is 3. The van der Waals surface area contributed by atoms with Crippen LogP contribution in [-0.2, 0) is 21.2 Å². The number of hydrogen-bond donors (Lipinski definition) is 1. The van der Waals surface area contributed by atoms with Gasteiger partial charge in [0.15, 0.2) is 0 Å². The number of halogens is 2. The molecule has 3 aromatic carbocycles. The van der Waals surface area contributed by atoms with Crippen LogP contribution in [0.1, 0.15) is 11.1 Å². The fourth-order valence-corrected chi connectivity index (χ4v) is 5.19. The Balaban J connectivity index is 1.87. The number of rotatable bonds is 8. The van der Waals surface area contributed by atoms with Gasteiger partial charge in [-0.2, -0.15) is 4.31 Å². The fourth-order valence-electron chi connectivity index (χ4n) is 3.06. The third-order valence-corrected chi connectivity index (χ3v) is 7.30. The first-order valence-electron chi connectivity index (χ1n) is 9.62. The maximum atomic E-state index is 13.4. The minimum Gasteiger partial charge on any atom is -0.325 e. The highest BCUT2D eigenvalue weighted by molar-refractivity contribution is 7.89. The van der Waals surface area contributed by atoms with E-state index >= 15 is 0 Å². The average molecular weight is 477 g/mol. The maximum Gasteiger partial charge on any atom is 0.245 e. The van der Waals surface area contributed by atoms with E-state index in [1.807, 2.05) is 49.4 Å². The average Bonchev–Trinajstić information content (AvgIpc) is 2.75. The number of carbonyl (C=O) groups is 1. The molecule has 0 aliphatic heterocycles. The second kappa shape index (κ2) is 10.3. The molecule has 0 heterocycles. The molecule has 0 aliphatic carbocycles. The molecule has 31 heavy (non-hydrogen) atoms. The number of nitrogens with zero attached hydrogens (tertiary/aromatic N) is 1. The monoisotopic (exact) mass is 476 g/mol. The molecule has 3 rings (SSSR count). The molecule has 0 saturated carbocycles. The van der Waals surface area contributed by atoms with Crippen LogP contribution >= 0.6 is 23.2 Å². The minimum atomic E-state index is -4.07. The molecule has 0 bridgehead atoms. The highest BCUT2D eigenvalue weighted by Crippen LogP contribution is 2.28. The Kier molecular flexibility index (Phi) is 7.73. The second-order valence-corrected chi connectivity index (χ2v) is 9.76. The van der Waals surface area contributed by atoms with Crippen LogP contribution in [0.3, 0.4) is 0 Å². The molecular weight excluding hydrogens is 455 g/mol. The lowest BCUT2D eigenvalue weighted by Gasteiger charge is -2.23. The molecule has 0 spiro atoms. The first-order chi connectivity index (χ1) is 14.8. The van der Waals surface area contributed by atoms with E-state index < -0.39 is 15.9 Å². The molecule has 8 heteroatoms. The van der Waals surface area contributed by atoms with Crippen LogP contribution in [0.25, 0.3) is 0 Å². The van der Waals surface area contributed by atoms with Crippen LogP contribution in [0.15, 0.2) is 77.7 Å². The van der Waals surface area contributed by atoms with E-state index in [1.165, 1.54) is 18.2 Å². The normalized spacial score (nSPS) is 11.5. The predicted molar refractivity (Wildman–Crippen MR) is 125 cm³/mol. The number of amides is 1. The van der Waals surface area contributed by atoms with Crippen molar-refractivity contribution >= 4 is 44.8 Å². The summed E-state index contributed by atoms with van der Waals surface area (Å²) in [7, 11) is -4.07. The summed E-state index contributed by atoms with van der Waals surface area (Å²) in [4.78, 5) is 12.6. The summed E-state index contributed by atoms with van der Waals surface area (Å²) in [5, 5.41) is 3.08. The van der Waals surface area contributed by atoms with Gasteiger partial charge in [0, 0.05) is 17.3 Å². The van der Waals surface area contributed by atoms with Gasteiger partial charge < -0.3 is 5.32 Å². The number of aryl methyl sites for hydroxylation is 1. The summed E-state index contributed by atoms with van der Waals surface area (Å²) in [6, 6.07) is 21.0. The molecule has 0 unspecified atom stereocenters. The highest BCUT2D eigenvalue weighted by Gasteiger charge is 2.29. The Morgan fingerprint density at radius 1 is 0.968 bits per heavy atom. The van der Waals surface area contributed by atoms with E-state index in [0.717, 1.165) is 15.4 Å². The van der Waals surface area contributed by atoms with Crippen molar-refractivity contribution in [1.82, 2.24) is 4.31 Å². The van der Waals surface area contributed by atoms with Gasteiger partial charge in [0.05, 0.1) is 11.6 Å². The van der Waals surface area contributed by atoms with Gasteiger partial charge in [-0.25, -0.2) is 8.42 Å². The topological polar surface area (TPSA) is 66.5 Å². The molecule has 3 aromatic rings. The van der Waals surface area contributed by atoms with Gasteiger partial charge >= 0.3 is 0 Å². The number of para-hydroxylation sites is 1. The van der Waals surface area contributed by atoms with E-state index in [1.54, 1.807) is 12.1 Å². The van der Waals surface area contributed by atoms with Crippen LogP contribution in [0, 0.1) is 6.92 Å². The summed E-state index contributed by atoms with van der Waals surface area (Å²) in [6.45, 7) is 1.62. The first kappa shape index (κ1) is 23.3.